The van der Waals surface area contributed by atoms with Crippen LogP contribution < -0.4 is 20.7 Å². The number of nitrogens with zero attached hydrogens (tertiary/aromatic N) is 3. The highest BCUT2D eigenvalue weighted by atomic mass is 127. The molecule has 4 N–H and O–H groups in total. The van der Waals surface area contributed by atoms with Crippen LogP contribution in [0.25, 0.3) is 0 Å². The van der Waals surface area contributed by atoms with E-state index in [1.165, 1.54) is 12.1 Å². The number of benzene rings is 1. The van der Waals surface area contributed by atoms with Gasteiger partial charge in [-0.1, -0.05) is 23.7 Å². The van der Waals surface area contributed by atoms with Crippen LogP contribution >= 0.6 is 35.6 Å². The van der Waals surface area contributed by atoms with E-state index in [-0.39, 0.29) is 34.9 Å². The third-order valence-electron chi connectivity index (χ3n) is 4.58. The van der Waals surface area contributed by atoms with Crippen molar-refractivity contribution in [2.45, 2.75) is 30.8 Å². The van der Waals surface area contributed by atoms with Gasteiger partial charge in [0.25, 0.3) is 0 Å². The van der Waals surface area contributed by atoms with Crippen LogP contribution in [0.5, 0.6) is 0 Å². The van der Waals surface area contributed by atoms with Crippen LogP contribution in [0.2, 0.25) is 5.02 Å². The number of halogens is 2. The lowest BCUT2D eigenvalue weighted by atomic mass is 10.2. The van der Waals surface area contributed by atoms with Crippen LogP contribution in [0.4, 0.5) is 5.82 Å². The maximum atomic E-state index is 11.4. The molecule has 164 valence electrons. The van der Waals surface area contributed by atoms with Crippen LogP contribution in [0.15, 0.2) is 52.5 Å². The second-order valence-corrected chi connectivity index (χ2v) is 8.74. The summed E-state index contributed by atoms with van der Waals surface area (Å²) in [6.45, 7) is 4.81. The molecule has 30 heavy (non-hydrogen) atoms. The molecule has 1 aromatic heterocycles. The highest BCUT2D eigenvalue weighted by Gasteiger charge is 2.25. The van der Waals surface area contributed by atoms with E-state index in [4.69, 9.17) is 16.7 Å². The van der Waals surface area contributed by atoms with Gasteiger partial charge in [-0.3, -0.25) is 0 Å². The van der Waals surface area contributed by atoms with Gasteiger partial charge in [0.1, 0.15) is 5.82 Å². The van der Waals surface area contributed by atoms with E-state index >= 15 is 0 Å². The zero-order chi connectivity index (χ0) is 20.9. The van der Waals surface area contributed by atoms with Gasteiger partial charge in [-0.15, -0.1) is 24.0 Å². The van der Waals surface area contributed by atoms with Gasteiger partial charge in [0, 0.05) is 31.9 Å². The Morgan fingerprint density at radius 1 is 1.33 bits per heavy atom. The van der Waals surface area contributed by atoms with E-state index < -0.39 is 10.0 Å². The molecule has 2 heterocycles. The SMILES string of the molecule is CCNC(=NCc1ccc(S(N)(=O)=O)cc1)NC1CCN(c2ncccc2Cl)C1.I. The van der Waals surface area contributed by atoms with Crippen molar-refractivity contribution < 1.29 is 8.42 Å². The van der Waals surface area contributed by atoms with Crippen molar-refractivity contribution in [2.75, 3.05) is 24.5 Å². The second-order valence-electron chi connectivity index (χ2n) is 6.77. The molecule has 1 fully saturated rings. The average Bonchev–Trinajstić information content (AvgIpc) is 3.14. The van der Waals surface area contributed by atoms with Gasteiger partial charge >= 0.3 is 0 Å². The van der Waals surface area contributed by atoms with Crippen molar-refractivity contribution in [3.63, 3.8) is 0 Å². The van der Waals surface area contributed by atoms with Crippen molar-refractivity contribution in [1.29, 1.82) is 0 Å². The Bertz CT molecular complexity index is 971. The number of aromatic nitrogens is 1. The number of hydrogen-bond donors (Lipinski definition) is 3. The molecule has 0 radical (unpaired) electrons. The molecule has 2 aromatic rings. The number of nitrogens with one attached hydrogen (secondary N) is 2. The molecule has 0 bridgehead atoms. The first kappa shape index (κ1) is 24.6. The quantitative estimate of drug-likeness (QED) is 0.282. The summed E-state index contributed by atoms with van der Waals surface area (Å²) in [5.41, 5.74) is 0.892. The maximum absolute atomic E-state index is 11.4. The van der Waals surface area contributed by atoms with E-state index in [2.05, 4.69) is 25.5 Å². The number of pyridine rings is 1. The van der Waals surface area contributed by atoms with Gasteiger partial charge in [-0.2, -0.15) is 0 Å². The summed E-state index contributed by atoms with van der Waals surface area (Å²) in [5, 5.41) is 12.5. The van der Waals surface area contributed by atoms with Gasteiger partial charge in [0.2, 0.25) is 10.0 Å². The van der Waals surface area contributed by atoms with Gasteiger partial charge in [0.05, 0.1) is 16.5 Å². The van der Waals surface area contributed by atoms with Gasteiger partial charge in [-0.05, 0) is 43.2 Å². The summed E-state index contributed by atoms with van der Waals surface area (Å²) in [6.07, 6.45) is 2.69. The van der Waals surface area contributed by atoms with Crippen molar-refractivity contribution in [2.24, 2.45) is 10.1 Å². The molecule has 1 unspecified atom stereocenters. The van der Waals surface area contributed by atoms with Crippen LogP contribution in [-0.4, -0.2) is 45.0 Å². The van der Waals surface area contributed by atoms with Crippen LogP contribution in [0.1, 0.15) is 18.9 Å². The fourth-order valence-electron chi connectivity index (χ4n) is 3.15. The van der Waals surface area contributed by atoms with Crippen molar-refractivity contribution in [3.05, 3.63) is 53.2 Å². The third kappa shape index (κ3) is 6.69. The molecular weight excluding hydrogens is 539 g/mol. The Labute approximate surface area is 199 Å². The number of hydrogen-bond acceptors (Lipinski definition) is 5. The molecular formula is C19H26ClIN6O2S. The largest absolute Gasteiger partial charge is 0.357 e. The molecule has 3 rings (SSSR count). The maximum Gasteiger partial charge on any atom is 0.238 e. The Balaban J connectivity index is 0.00000320. The number of primary sulfonamides is 1. The zero-order valence-corrected chi connectivity index (χ0v) is 20.5. The smallest absolute Gasteiger partial charge is 0.238 e. The Morgan fingerprint density at radius 3 is 2.70 bits per heavy atom. The number of anilines is 1. The molecule has 1 aliphatic heterocycles. The fourth-order valence-corrected chi connectivity index (χ4v) is 3.91. The van der Waals surface area contributed by atoms with E-state index in [0.717, 1.165) is 37.4 Å². The average molecular weight is 565 g/mol. The van der Waals surface area contributed by atoms with Gasteiger partial charge in [-0.25, -0.2) is 23.5 Å². The van der Waals surface area contributed by atoms with Crippen LogP contribution in [0.3, 0.4) is 0 Å². The minimum atomic E-state index is -3.69. The second kappa shape index (κ2) is 11.1. The molecule has 0 amide bonds. The van der Waals surface area contributed by atoms with Crippen LogP contribution in [-0.2, 0) is 16.6 Å². The number of sulfonamides is 1. The fraction of sp³-hybridized carbons (Fsp3) is 0.368. The van der Waals surface area contributed by atoms with Gasteiger partial charge in [0.15, 0.2) is 5.96 Å². The van der Waals surface area contributed by atoms with Gasteiger partial charge < -0.3 is 15.5 Å². The summed E-state index contributed by atoms with van der Waals surface area (Å²) >= 11 is 6.26. The van der Waals surface area contributed by atoms with E-state index in [1.54, 1.807) is 18.3 Å². The minimum Gasteiger partial charge on any atom is -0.357 e. The first-order valence-electron chi connectivity index (χ1n) is 9.39. The van der Waals surface area contributed by atoms with Crippen molar-refractivity contribution in [3.8, 4) is 0 Å². The monoisotopic (exact) mass is 564 g/mol. The normalized spacial score (nSPS) is 16.8. The highest BCUT2D eigenvalue weighted by molar-refractivity contribution is 14.0. The highest BCUT2D eigenvalue weighted by Crippen LogP contribution is 2.25. The lowest BCUT2D eigenvalue weighted by Crippen LogP contribution is -2.44. The molecule has 1 saturated heterocycles. The van der Waals surface area contributed by atoms with Crippen molar-refractivity contribution in [1.82, 2.24) is 15.6 Å². The standard InChI is InChI=1S/C19H25ClN6O2S.HI/c1-2-22-19(24-12-14-5-7-16(8-6-14)29(21,27)28)25-15-9-11-26(13-15)18-17(20)4-3-10-23-18;/h3-8,10,15H,2,9,11-13H2,1H3,(H2,21,27,28)(H2,22,24,25);1H. The molecule has 0 aliphatic carbocycles. The van der Waals surface area contributed by atoms with Crippen LogP contribution in [0, 0.1) is 0 Å². The molecule has 0 saturated carbocycles. The van der Waals surface area contributed by atoms with E-state index in [1.807, 2.05) is 19.1 Å². The number of nitrogens with two attached hydrogens (primary N) is 1. The third-order valence-corrected chi connectivity index (χ3v) is 5.81. The summed E-state index contributed by atoms with van der Waals surface area (Å²) in [5.74, 6) is 1.51. The Morgan fingerprint density at radius 2 is 2.07 bits per heavy atom. The minimum absolute atomic E-state index is 0. The topological polar surface area (TPSA) is 113 Å². The Hall–Kier alpha value is -1.63. The van der Waals surface area contributed by atoms with E-state index in [0.29, 0.717) is 17.5 Å². The summed E-state index contributed by atoms with van der Waals surface area (Å²) in [6, 6.07) is 10.3. The summed E-state index contributed by atoms with van der Waals surface area (Å²) in [4.78, 5) is 11.2. The molecule has 8 nitrogen and oxygen atoms in total. The molecule has 1 aliphatic rings. The number of guanidine groups is 1. The predicted molar refractivity (Wildman–Crippen MR) is 131 cm³/mol. The van der Waals surface area contributed by atoms with E-state index in [9.17, 15) is 8.42 Å². The molecule has 1 aromatic carbocycles. The molecule has 0 spiro atoms. The summed E-state index contributed by atoms with van der Waals surface area (Å²) in [7, 11) is -3.69. The molecule has 11 heteroatoms. The first-order chi connectivity index (χ1) is 13.9. The lowest BCUT2D eigenvalue weighted by Gasteiger charge is -2.20. The first-order valence-corrected chi connectivity index (χ1v) is 11.3. The molecule has 1 atom stereocenters. The number of aliphatic imine (C=N–C) groups is 1. The predicted octanol–water partition coefficient (Wildman–Crippen LogP) is 2.33. The zero-order valence-electron chi connectivity index (χ0n) is 16.6. The summed E-state index contributed by atoms with van der Waals surface area (Å²) < 4.78 is 22.7. The number of rotatable bonds is 6. The lowest BCUT2D eigenvalue weighted by molar-refractivity contribution is 0.597. The Kier molecular flexibility index (Phi) is 9.13. The van der Waals surface area contributed by atoms with Crippen molar-refractivity contribution >= 4 is 57.4 Å².